The summed E-state index contributed by atoms with van der Waals surface area (Å²) in [5.74, 6) is 0. The van der Waals surface area contributed by atoms with E-state index in [1.807, 2.05) is 7.05 Å². The van der Waals surface area contributed by atoms with Gasteiger partial charge in [-0.3, -0.25) is 0 Å². The van der Waals surface area contributed by atoms with Crippen LogP contribution in [0.3, 0.4) is 0 Å². The zero-order chi connectivity index (χ0) is 13.2. The van der Waals surface area contributed by atoms with Crippen molar-refractivity contribution in [3.05, 3.63) is 29.3 Å². The van der Waals surface area contributed by atoms with Crippen molar-refractivity contribution in [3.63, 3.8) is 0 Å². The third-order valence-electron chi connectivity index (χ3n) is 3.17. The highest BCUT2D eigenvalue weighted by molar-refractivity contribution is 7.89. The van der Waals surface area contributed by atoms with Crippen LogP contribution in [-0.2, 0) is 10.0 Å². The summed E-state index contributed by atoms with van der Waals surface area (Å²) in [5, 5.41) is 3.49. The van der Waals surface area contributed by atoms with Crippen molar-refractivity contribution in [1.29, 1.82) is 0 Å². The lowest BCUT2D eigenvalue weighted by Gasteiger charge is -2.23. The predicted molar refractivity (Wildman–Crippen MR) is 72.3 cm³/mol. The molecule has 4 nitrogen and oxygen atoms in total. The van der Waals surface area contributed by atoms with Crippen LogP contribution in [0.5, 0.6) is 0 Å². The first kappa shape index (κ1) is 13.8. The van der Waals surface area contributed by atoms with Gasteiger partial charge in [0.25, 0.3) is 0 Å². The van der Waals surface area contributed by atoms with Crippen LogP contribution < -0.4 is 5.32 Å². The van der Waals surface area contributed by atoms with Gasteiger partial charge in [-0.25, -0.2) is 8.42 Å². The van der Waals surface area contributed by atoms with Gasteiger partial charge in [0, 0.05) is 24.2 Å². The molecule has 1 atom stereocenters. The smallest absolute Gasteiger partial charge is 0.243 e. The van der Waals surface area contributed by atoms with Crippen LogP contribution >= 0.6 is 11.6 Å². The van der Waals surface area contributed by atoms with Crippen molar-refractivity contribution in [2.75, 3.05) is 20.1 Å². The summed E-state index contributed by atoms with van der Waals surface area (Å²) in [6.45, 7) is 1.26. The largest absolute Gasteiger partial charge is 0.318 e. The normalized spacial score (nSPS) is 21.3. The molecule has 0 spiro atoms. The molecule has 1 aliphatic rings. The van der Waals surface area contributed by atoms with Gasteiger partial charge < -0.3 is 5.32 Å². The molecule has 0 bridgehead atoms. The molecule has 1 saturated heterocycles. The number of likely N-dealkylation sites (N-methyl/N-ethyl adjacent to an activating group) is 1. The molecule has 0 radical (unpaired) electrons. The van der Waals surface area contributed by atoms with Gasteiger partial charge in [0.1, 0.15) is 0 Å². The van der Waals surface area contributed by atoms with Gasteiger partial charge in [-0.2, -0.15) is 4.31 Å². The van der Waals surface area contributed by atoms with E-state index < -0.39 is 10.0 Å². The molecule has 18 heavy (non-hydrogen) atoms. The molecular weight excluding hydrogens is 272 g/mol. The Bertz CT molecular complexity index is 519. The summed E-state index contributed by atoms with van der Waals surface area (Å²) < 4.78 is 26.6. The lowest BCUT2D eigenvalue weighted by atomic mass is 10.2. The Morgan fingerprint density at radius 1 is 1.50 bits per heavy atom. The first-order valence-corrected chi connectivity index (χ1v) is 7.79. The zero-order valence-corrected chi connectivity index (χ0v) is 11.8. The fraction of sp³-hybridized carbons (Fsp3) is 0.500. The van der Waals surface area contributed by atoms with E-state index in [2.05, 4.69) is 5.32 Å². The van der Waals surface area contributed by atoms with E-state index in [0.29, 0.717) is 18.1 Å². The molecule has 0 aromatic heterocycles. The van der Waals surface area contributed by atoms with E-state index in [9.17, 15) is 8.42 Å². The Morgan fingerprint density at radius 2 is 2.28 bits per heavy atom. The highest BCUT2D eigenvalue weighted by Crippen LogP contribution is 2.26. The van der Waals surface area contributed by atoms with Crippen molar-refractivity contribution >= 4 is 21.6 Å². The molecule has 1 N–H and O–H groups in total. The lowest BCUT2D eigenvalue weighted by molar-refractivity contribution is 0.379. The molecule has 1 aromatic carbocycles. The Morgan fingerprint density at radius 3 is 2.94 bits per heavy atom. The van der Waals surface area contributed by atoms with Crippen LogP contribution in [0.15, 0.2) is 29.2 Å². The van der Waals surface area contributed by atoms with Crippen LogP contribution in [0.25, 0.3) is 0 Å². The fourth-order valence-corrected chi connectivity index (χ4v) is 4.32. The molecular formula is C12H17ClN2O2S. The minimum absolute atomic E-state index is 0.0407. The zero-order valence-electron chi connectivity index (χ0n) is 10.3. The summed E-state index contributed by atoms with van der Waals surface area (Å²) in [6, 6.07) is 6.48. The molecule has 2 rings (SSSR count). The Balaban J connectivity index is 2.30. The summed E-state index contributed by atoms with van der Waals surface area (Å²) in [4.78, 5) is 0.276. The number of rotatable bonds is 4. The second-order valence-corrected chi connectivity index (χ2v) is 6.75. The summed E-state index contributed by atoms with van der Waals surface area (Å²) in [5.41, 5.74) is 0. The standard InChI is InChI=1S/C12H17ClN2O2S/c1-14-9-11-5-3-7-15(11)18(16,17)12-6-2-4-10(13)8-12/h2,4,6,8,11,14H,3,5,7,9H2,1H3/t11-/m0/s1. The van der Waals surface area contributed by atoms with Crippen molar-refractivity contribution in [3.8, 4) is 0 Å². The fourth-order valence-electron chi connectivity index (χ4n) is 2.33. The summed E-state index contributed by atoms with van der Waals surface area (Å²) >= 11 is 5.86. The maximum atomic E-state index is 12.5. The van der Waals surface area contributed by atoms with Gasteiger partial charge in [0.15, 0.2) is 0 Å². The predicted octanol–water partition coefficient (Wildman–Crippen LogP) is 1.71. The number of nitrogens with one attached hydrogen (secondary N) is 1. The molecule has 0 aliphatic carbocycles. The van der Waals surface area contributed by atoms with E-state index in [-0.39, 0.29) is 10.9 Å². The second-order valence-electron chi connectivity index (χ2n) is 4.43. The average molecular weight is 289 g/mol. The van der Waals surface area contributed by atoms with Gasteiger partial charge in [-0.05, 0) is 38.1 Å². The highest BCUT2D eigenvalue weighted by atomic mass is 35.5. The van der Waals surface area contributed by atoms with Gasteiger partial charge >= 0.3 is 0 Å². The highest BCUT2D eigenvalue weighted by Gasteiger charge is 2.34. The molecule has 6 heteroatoms. The van der Waals surface area contributed by atoms with Gasteiger partial charge in [0.05, 0.1) is 4.90 Å². The number of halogens is 1. The van der Waals surface area contributed by atoms with Crippen molar-refractivity contribution in [1.82, 2.24) is 9.62 Å². The number of benzene rings is 1. The number of hydrogen-bond donors (Lipinski definition) is 1. The maximum Gasteiger partial charge on any atom is 0.243 e. The van der Waals surface area contributed by atoms with Gasteiger partial charge in [0.2, 0.25) is 10.0 Å². The minimum atomic E-state index is -3.42. The molecule has 0 amide bonds. The molecule has 1 aromatic rings. The molecule has 0 unspecified atom stereocenters. The summed E-state index contributed by atoms with van der Waals surface area (Å²) in [7, 11) is -1.59. The Kier molecular flexibility index (Phi) is 4.27. The van der Waals surface area contributed by atoms with Gasteiger partial charge in [-0.15, -0.1) is 0 Å². The number of nitrogens with zero attached hydrogens (tertiary/aromatic N) is 1. The molecule has 1 heterocycles. The maximum absolute atomic E-state index is 12.5. The van der Waals surface area contributed by atoms with E-state index in [4.69, 9.17) is 11.6 Å². The molecule has 1 aliphatic heterocycles. The SMILES string of the molecule is CNC[C@@H]1CCCN1S(=O)(=O)c1cccc(Cl)c1. The van der Waals surface area contributed by atoms with Crippen LogP contribution in [0.4, 0.5) is 0 Å². The Hall–Kier alpha value is -0.620. The number of hydrogen-bond acceptors (Lipinski definition) is 3. The third kappa shape index (κ3) is 2.69. The van der Waals surface area contributed by atoms with Crippen molar-refractivity contribution < 1.29 is 8.42 Å². The Labute approximate surface area is 113 Å². The quantitative estimate of drug-likeness (QED) is 0.918. The third-order valence-corrected chi connectivity index (χ3v) is 5.35. The van der Waals surface area contributed by atoms with Gasteiger partial charge in [-0.1, -0.05) is 17.7 Å². The first-order chi connectivity index (χ1) is 8.55. The summed E-state index contributed by atoms with van der Waals surface area (Å²) in [6.07, 6.45) is 1.81. The van der Waals surface area contributed by atoms with E-state index in [1.54, 1.807) is 22.5 Å². The van der Waals surface area contributed by atoms with Crippen LogP contribution in [0.2, 0.25) is 5.02 Å². The van der Waals surface area contributed by atoms with Crippen LogP contribution in [0, 0.1) is 0 Å². The van der Waals surface area contributed by atoms with Crippen LogP contribution in [0.1, 0.15) is 12.8 Å². The number of sulfonamides is 1. The molecule has 1 fully saturated rings. The molecule has 100 valence electrons. The average Bonchev–Trinajstić information content (AvgIpc) is 2.78. The second kappa shape index (κ2) is 5.57. The van der Waals surface area contributed by atoms with E-state index in [1.165, 1.54) is 6.07 Å². The van der Waals surface area contributed by atoms with Crippen LogP contribution in [-0.4, -0.2) is 38.9 Å². The van der Waals surface area contributed by atoms with E-state index >= 15 is 0 Å². The first-order valence-electron chi connectivity index (χ1n) is 5.97. The van der Waals surface area contributed by atoms with Crippen molar-refractivity contribution in [2.45, 2.75) is 23.8 Å². The topological polar surface area (TPSA) is 49.4 Å². The lowest BCUT2D eigenvalue weighted by Crippen LogP contribution is -2.40. The van der Waals surface area contributed by atoms with E-state index in [0.717, 1.165) is 12.8 Å². The van der Waals surface area contributed by atoms with Crippen molar-refractivity contribution in [2.24, 2.45) is 0 Å². The minimum Gasteiger partial charge on any atom is -0.318 e. The molecule has 0 saturated carbocycles. The monoisotopic (exact) mass is 288 g/mol.